The first-order valence-electron chi connectivity index (χ1n) is 6.59. The summed E-state index contributed by atoms with van der Waals surface area (Å²) >= 11 is 0. The molecule has 0 fully saturated rings. The maximum Gasteiger partial charge on any atom is 0.129 e. The van der Waals surface area contributed by atoms with Crippen molar-refractivity contribution in [2.75, 3.05) is 0 Å². The fourth-order valence-corrected chi connectivity index (χ4v) is 2.29. The monoisotopic (exact) mass is 257 g/mol. The molecule has 0 saturated heterocycles. The Labute approximate surface area is 114 Å². The van der Waals surface area contributed by atoms with Crippen LogP contribution in [-0.4, -0.2) is 0 Å². The molecular weight excluding hydrogens is 237 g/mol. The van der Waals surface area contributed by atoms with Gasteiger partial charge >= 0.3 is 0 Å². The molecule has 1 nitrogen and oxygen atoms in total. The van der Waals surface area contributed by atoms with Crippen molar-refractivity contribution < 1.29 is 4.39 Å². The minimum absolute atomic E-state index is 0.0948. The number of halogens is 1. The summed E-state index contributed by atoms with van der Waals surface area (Å²) in [7, 11) is 0. The number of nitrogens with one attached hydrogen (secondary N) is 1. The van der Waals surface area contributed by atoms with Gasteiger partial charge in [0.2, 0.25) is 0 Å². The molecule has 0 saturated carbocycles. The Morgan fingerprint density at radius 1 is 0.895 bits per heavy atom. The quantitative estimate of drug-likeness (QED) is 0.871. The van der Waals surface area contributed by atoms with Crippen LogP contribution in [0.5, 0.6) is 0 Å². The Morgan fingerprint density at radius 2 is 1.53 bits per heavy atom. The van der Waals surface area contributed by atoms with E-state index in [4.69, 9.17) is 0 Å². The van der Waals surface area contributed by atoms with Crippen molar-refractivity contribution in [2.45, 2.75) is 33.9 Å². The average Bonchev–Trinajstić information content (AvgIpc) is 2.38. The van der Waals surface area contributed by atoms with Crippen molar-refractivity contribution in [1.82, 2.24) is 5.32 Å². The van der Waals surface area contributed by atoms with E-state index in [2.05, 4.69) is 30.4 Å². The second kappa shape index (κ2) is 5.98. The van der Waals surface area contributed by atoms with Crippen LogP contribution in [-0.2, 0) is 13.1 Å². The number of hydrogen-bond donors (Lipinski definition) is 1. The number of hydrogen-bond acceptors (Lipinski definition) is 1. The summed E-state index contributed by atoms with van der Waals surface area (Å²) in [6.45, 7) is 7.34. The van der Waals surface area contributed by atoms with Crippen LogP contribution in [0.1, 0.15) is 27.8 Å². The molecule has 19 heavy (non-hydrogen) atoms. The van der Waals surface area contributed by atoms with E-state index < -0.39 is 0 Å². The van der Waals surface area contributed by atoms with E-state index >= 15 is 0 Å². The topological polar surface area (TPSA) is 12.0 Å². The molecule has 0 aliphatic heterocycles. The molecule has 0 bridgehead atoms. The van der Waals surface area contributed by atoms with Crippen LogP contribution >= 0.6 is 0 Å². The van der Waals surface area contributed by atoms with Gasteiger partial charge in [-0.3, -0.25) is 0 Å². The maximum absolute atomic E-state index is 13.5. The first-order valence-corrected chi connectivity index (χ1v) is 6.59. The van der Waals surface area contributed by atoms with Crippen LogP contribution in [0.4, 0.5) is 4.39 Å². The molecule has 1 N–H and O–H groups in total. The normalized spacial score (nSPS) is 10.7. The van der Waals surface area contributed by atoms with E-state index in [0.717, 1.165) is 18.7 Å². The van der Waals surface area contributed by atoms with Gasteiger partial charge in [-0.25, -0.2) is 4.39 Å². The second-order valence-corrected chi connectivity index (χ2v) is 5.07. The Morgan fingerprint density at radius 3 is 2.16 bits per heavy atom. The van der Waals surface area contributed by atoms with E-state index in [0.29, 0.717) is 11.1 Å². The molecule has 0 radical (unpaired) electrons. The summed E-state index contributed by atoms with van der Waals surface area (Å²) in [5.41, 5.74) is 5.16. The van der Waals surface area contributed by atoms with Crippen LogP contribution in [0.2, 0.25) is 0 Å². The van der Waals surface area contributed by atoms with Gasteiger partial charge in [0.15, 0.2) is 0 Å². The summed E-state index contributed by atoms with van der Waals surface area (Å²) in [6, 6.07) is 12.2. The Bertz CT molecular complexity index is 552. The van der Waals surface area contributed by atoms with Crippen molar-refractivity contribution in [2.24, 2.45) is 0 Å². The summed E-state index contributed by atoms with van der Waals surface area (Å²) in [4.78, 5) is 0. The molecule has 2 heteroatoms. The molecule has 0 aliphatic carbocycles. The molecule has 0 spiro atoms. The van der Waals surface area contributed by atoms with Crippen LogP contribution in [0.25, 0.3) is 0 Å². The third kappa shape index (κ3) is 3.42. The second-order valence-electron chi connectivity index (χ2n) is 5.07. The van der Waals surface area contributed by atoms with Crippen molar-refractivity contribution in [3.63, 3.8) is 0 Å². The van der Waals surface area contributed by atoms with Gasteiger partial charge in [0.05, 0.1) is 0 Å². The van der Waals surface area contributed by atoms with Gasteiger partial charge in [0, 0.05) is 13.1 Å². The molecule has 0 unspecified atom stereocenters. The SMILES string of the molecule is Cc1ccccc1CNCc1cc(C)c(F)c(C)c1. The number of rotatable bonds is 4. The molecule has 100 valence electrons. The van der Waals surface area contributed by atoms with Gasteiger partial charge in [-0.2, -0.15) is 0 Å². The lowest BCUT2D eigenvalue weighted by Crippen LogP contribution is -2.14. The molecule has 0 heterocycles. The third-order valence-corrected chi connectivity index (χ3v) is 3.40. The van der Waals surface area contributed by atoms with Crippen LogP contribution in [0.3, 0.4) is 0 Å². The highest BCUT2D eigenvalue weighted by atomic mass is 19.1. The molecule has 0 amide bonds. The predicted molar refractivity (Wildman–Crippen MR) is 77.6 cm³/mol. The highest BCUT2D eigenvalue weighted by molar-refractivity contribution is 5.30. The van der Waals surface area contributed by atoms with Gasteiger partial charge < -0.3 is 5.32 Å². The zero-order valence-corrected chi connectivity index (χ0v) is 11.8. The number of benzene rings is 2. The zero-order chi connectivity index (χ0) is 13.8. The Hall–Kier alpha value is -1.67. The minimum Gasteiger partial charge on any atom is -0.309 e. The Kier molecular flexibility index (Phi) is 4.33. The standard InChI is InChI=1S/C17H20FN/c1-12-6-4-5-7-16(12)11-19-10-15-8-13(2)17(18)14(3)9-15/h4-9,19H,10-11H2,1-3H3. The van der Waals surface area contributed by atoms with Gasteiger partial charge in [-0.05, 0) is 48.6 Å². The van der Waals surface area contributed by atoms with E-state index in [-0.39, 0.29) is 5.82 Å². The van der Waals surface area contributed by atoms with Gasteiger partial charge in [-0.15, -0.1) is 0 Å². The van der Waals surface area contributed by atoms with Crippen molar-refractivity contribution in [1.29, 1.82) is 0 Å². The Balaban J connectivity index is 1.98. The predicted octanol–water partition coefficient (Wildman–Crippen LogP) is 4.04. The molecule has 2 aromatic carbocycles. The third-order valence-electron chi connectivity index (χ3n) is 3.40. The van der Waals surface area contributed by atoms with Crippen molar-refractivity contribution in [3.05, 3.63) is 70.0 Å². The summed E-state index contributed by atoms with van der Waals surface area (Å²) in [5, 5.41) is 3.41. The van der Waals surface area contributed by atoms with Crippen LogP contribution in [0.15, 0.2) is 36.4 Å². The van der Waals surface area contributed by atoms with Crippen molar-refractivity contribution >= 4 is 0 Å². The summed E-state index contributed by atoms with van der Waals surface area (Å²) in [5.74, 6) is -0.0948. The highest BCUT2D eigenvalue weighted by Gasteiger charge is 2.04. The first kappa shape index (κ1) is 13.8. The molecular formula is C17H20FN. The zero-order valence-electron chi connectivity index (χ0n) is 11.8. The highest BCUT2D eigenvalue weighted by Crippen LogP contribution is 2.15. The van der Waals surface area contributed by atoms with Crippen molar-refractivity contribution in [3.8, 4) is 0 Å². The fraction of sp³-hybridized carbons (Fsp3) is 0.294. The van der Waals surface area contributed by atoms with E-state index in [1.807, 2.05) is 32.0 Å². The molecule has 2 aromatic rings. The van der Waals surface area contributed by atoms with E-state index in [9.17, 15) is 4.39 Å². The van der Waals surface area contributed by atoms with Gasteiger partial charge in [0.1, 0.15) is 5.82 Å². The lowest BCUT2D eigenvalue weighted by Gasteiger charge is -2.10. The average molecular weight is 257 g/mol. The lowest BCUT2D eigenvalue weighted by molar-refractivity contribution is 0.606. The van der Waals surface area contributed by atoms with E-state index in [1.54, 1.807) is 0 Å². The van der Waals surface area contributed by atoms with E-state index in [1.165, 1.54) is 11.1 Å². The maximum atomic E-state index is 13.5. The lowest BCUT2D eigenvalue weighted by atomic mass is 10.1. The summed E-state index contributed by atoms with van der Waals surface area (Å²) in [6.07, 6.45) is 0. The number of aryl methyl sites for hydroxylation is 3. The molecule has 2 rings (SSSR count). The molecule has 0 atom stereocenters. The van der Waals surface area contributed by atoms with Gasteiger partial charge in [0.25, 0.3) is 0 Å². The van der Waals surface area contributed by atoms with Crippen LogP contribution < -0.4 is 5.32 Å². The first-order chi connectivity index (χ1) is 9.08. The molecule has 0 aromatic heterocycles. The minimum atomic E-state index is -0.0948. The van der Waals surface area contributed by atoms with Gasteiger partial charge in [-0.1, -0.05) is 36.4 Å². The molecule has 0 aliphatic rings. The smallest absolute Gasteiger partial charge is 0.129 e. The summed E-state index contributed by atoms with van der Waals surface area (Å²) < 4.78 is 13.5. The fourth-order valence-electron chi connectivity index (χ4n) is 2.29. The van der Waals surface area contributed by atoms with Crippen LogP contribution in [0, 0.1) is 26.6 Å². The largest absolute Gasteiger partial charge is 0.309 e.